The molecule has 0 radical (unpaired) electrons. The molecule has 0 atom stereocenters. The van der Waals surface area contributed by atoms with E-state index in [1.54, 1.807) is 17.8 Å². The molecule has 0 aliphatic rings. The Morgan fingerprint density at radius 2 is 1.91 bits per heavy atom. The van der Waals surface area contributed by atoms with Crippen molar-refractivity contribution in [2.45, 2.75) is 15.9 Å². The smallest absolute Gasteiger partial charge is 0.277 e. The van der Waals surface area contributed by atoms with Gasteiger partial charge in [-0.25, -0.2) is 0 Å². The maximum absolute atomic E-state index is 6.17. The second-order valence-electron chi connectivity index (χ2n) is 4.60. The molecule has 23 heavy (non-hydrogen) atoms. The number of hydrogen-bond donors (Lipinski definition) is 0. The second kappa shape index (κ2) is 7.62. The minimum absolute atomic E-state index is 0.516. The number of benzene rings is 2. The fraction of sp³-hybridized carbons (Fsp3) is 0.125. The zero-order chi connectivity index (χ0) is 16.2. The summed E-state index contributed by atoms with van der Waals surface area (Å²) in [5, 5.41) is 10.0. The van der Waals surface area contributed by atoms with Crippen molar-refractivity contribution in [3.05, 3.63) is 58.1 Å². The van der Waals surface area contributed by atoms with Gasteiger partial charge in [0.15, 0.2) is 0 Å². The quantitative estimate of drug-likeness (QED) is 0.501. The first-order valence-electron chi connectivity index (χ1n) is 6.71. The summed E-state index contributed by atoms with van der Waals surface area (Å²) in [5.74, 6) is 1.17. The number of nitrogens with zero attached hydrogens (tertiary/aromatic N) is 2. The molecular weight excluding hydrogens is 371 g/mol. The Morgan fingerprint density at radius 3 is 2.70 bits per heavy atom. The number of thioether (sulfide) groups is 2. The van der Waals surface area contributed by atoms with Crippen LogP contribution >= 0.6 is 46.7 Å². The topological polar surface area (TPSA) is 38.9 Å². The summed E-state index contributed by atoms with van der Waals surface area (Å²) in [5.41, 5.74) is 1.93. The van der Waals surface area contributed by atoms with Crippen LogP contribution in [0.2, 0.25) is 10.0 Å². The van der Waals surface area contributed by atoms with Crippen molar-refractivity contribution in [3.63, 3.8) is 0 Å². The van der Waals surface area contributed by atoms with E-state index >= 15 is 0 Å². The van der Waals surface area contributed by atoms with Crippen molar-refractivity contribution in [1.82, 2.24) is 10.2 Å². The molecule has 118 valence electrons. The minimum Gasteiger partial charge on any atom is -0.411 e. The van der Waals surface area contributed by atoms with Crippen molar-refractivity contribution in [2.75, 3.05) is 6.26 Å². The van der Waals surface area contributed by atoms with Crippen LogP contribution in [-0.2, 0) is 5.75 Å². The maximum atomic E-state index is 6.17. The summed E-state index contributed by atoms with van der Waals surface area (Å²) >= 11 is 15.2. The third kappa shape index (κ3) is 4.04. The van der Waals surface area contributed by atoms with E-state index in [1.165, 1.54) is 11.8 Å². The lowest BCUT2D eigenvalue weighted by atomic mass is 10.2. The molecule has 0 aliphatic heterocycles. The molecule has 0 bridgehead atoms. The molecule has 0 amide bonds. The third-order valence-corrected chi connectivity index (χ3v) is 5.36. The van der Waals surface area contributed by atoms with Crippen molar-refractivity contribution < 1.29 is 4.42 Å². The molecule has 0 unspecified atom stereocenters. The standard InChI is InChI=1S/C16H12Cl2N2OS2/c1-22-14-5-3-2-4-12(14)15-19-20-16(21-15)23-9-10-6-7-11(17)8-13(10)18/h2-8H,9H2,1H3. The minimum atomic E-state index is 0.516. The Balaban J connectivity index is 1.75. The molecular formula is C16H12Cl2N2OS2. The fourth-order valence-electron chi connectivity index (χ4n) is 1.98. The molecule has 3 nitrogen and oxygen atoms in total. The highest BCUT2D eigenvalue weighted by atomic mass is 35.5. The Morgan fingerprint density at radius 1 is 1.09 bits per heavy atom. The third-order valence-electron chi connectivity index (χ3n) is 3.11. The number of rotatable bonds is 5. The SMILES string of the molecule is CSc1ccccc1-c1nnc(SCc2ccc(Cl)cc2Cl)o1. The van der Waals surface area contributed by atoms with E-state index in [-0.39, 0.29) is 0 Å². The monoisotopic (exact) mass is 382 g/mol. The van der Waals surface area contributed by atoms with Gasteiger partial charge >= 0.3 is 0 Å². The van der Waals surface area contributed by atoms with Crippen molar-refractivity contribution in [1.29, 1.82) is 0 Å². The van der Waals surface area contributed by atoms with E-state index in [9.17, 15) is 0 Å². The molecule has 7 heteroatoms. The Kier molecular flexibility index (Phi) is 5.54. The lowest BCUT2D eigenvalue weighted by Gasteiger charge is -2.02. The first-order valence-corrected chi connectivity index (χ1v) is 9.67. The zero-order valence-corrected chi connectivity index (χ0v) is 15.3. The van der Waals surface area contributed by atoms with Gasteiger partial charge in [0.25, 0.3) is 5.22 Å². The molecule has 0 N–H and O–H groups in total. The number of aromatic nitrogens is 2. The normalized spacial score (nSPS) is 10.9. The van der Waals surface area contributed by atoms with Gasteiger partial charge in [0.1, 0.15) is 0 Å². The van der Waals surface area contributed by atoms with Crippen LogP contribution in [0, 0.1) is 0 Å². The summed E-state index contributed by atoms with van der Waals surface area (Å²) in [6.45, 7) is 0. The zero-order valence-electron chi connectivity index (χ0n) is 12.1. The first-order chi connectivity index (χ1) is 11.2. The van der Waals surface area contributed by atoms with E-state index < -0.39 is 0 Å². The van der Waals surface area contributed by atoms with E-state index in [4.69, 9.17) is 27.6 Å². The molecule has 0 saturated heterocycles. The molecule has 2 aromatic carbocycles. The molecule has 1 aromatic heterocycles. The van der Waals surface area contributed by atoms with Crippen molar-refractivity contribution in [3.8, 4) is 11.5 Å². The highest BCUT2D eigenvalue weighted by Gasteiger charge is 2.13. The van der Waals surface area contributed by atoms with Crippen LogP contribution in [0.4, 0.5) is 0 Å². The first kappa shape index (κ1) is 16.7. The van der Waals surface area contributed by atoms with Crippen LogP contribution in [0.5, 0.6) is 0 Å². The molecule has 3 aromatic rings. The summed E-state index contributed by atoms with van der Waals surface area (Å²) in [6.07, 6.45) is 2.02. The summed E-state index contributed by atoms with van der Waals surface area (Å²) in [7, 11) is 0. The fourth-order valence-corrected chi connectivity index (χ4v) is 3.89. The Bertz CT molecular complexity index is 823. The second-order valence-corrected chi connectivity index (χ2v) is 7.22. The highest BCUT2D eigenvalue weighted by Crippen LogP contribution is 2.32. The predicted molar refractivity (Wildman–Crippen MR) is 97.5 cm³/mol. The number of hydrogen-bond acceptors (Lipinski definition) is 5. The summed E-state index contributed by atoms with van der Waals surface area (Å²) in [6, 6.07) is 13.4. The molecule has 3 rings (SSSR count). The largest absolute Gasteiger partial charge is 0.411 e. The van der Waals surface area contributed by atoms with Gasteiger partial charge in [0, 0.05) is 20.7 Å². The summed E-state index contributed by atoms with van der Waals surface area (Å²) in [4.78, 5) is 1.11. The van der Waals surface area contributed by atoms with Crippen LogP contribution < -0.4 is 0 Å². The summed E-state index contributed by atoms with van der Waals surface area (Å²) < 4.78 is 5.76. The van der Waals surface area contributed by atoms with Crippen LogP contribution in [0.25, 0.3) is 11.5 Å². The van der Waals surface area contributed by atoms with Crippen LogP contribution in [0.1, 0.15) is 5.56 Å². The lowest BCUT2D eigenvalue weighted by Crippen LogP contribution is -1.82. The van der Waals surface area contributed by atoms with Gasteiger partial charge in [0.2, 0.25) is 5.89 Å². The predicted octanol–water partition coefficient (Wildman–Crippen LogP) is 6.06. The molecule has 0 aliphatic carbocycles. The van der Waals surface area contributed by atoms with Crippen molar-refractivity contribution in [2.24, 2.45) is 0 Å². The van der Waals surface area contributed by atoms with Gasteiger partial charge in [-0.1, -0.05) is 53.2 Å². The van der Waals surface area contributed by atoms with E-state index in [0.717, 1.165) is 16.0 Å². The number of halogens is 2. The molecule has 0 saturated carbocycles. The Hall–Kier alpha value is -1.14. The van der Waals surface area contributed by atoms with Gasteiger partial charge in [-0.2, -0.15) is 0 Å². The highest BCUT2D eigenvalue weighted by molar-refractivity contribution is 7.98. The maximum Gasteiger partial charge on any atom is 0.277 e. The van der Waals surface area contributed by atoms with Crippen LogP contribution in [0.15, 0.2) is 57.0 Å². The van der Waals surface area contributed by atoms with Gasteiger partial charge in [0.05, 0.1) is 5.56 Å². The average molecular weight is 383 g/mol. The van der Waals surface area contributed by atoms with Gasteiger partial charge in [-0.15, -0.1) is 22.0 Å². The molecule has 1 heterocycles. The van der Waals surface area contributed by atoms with Crippen molar-refractivity contribution >= 4 is 46.7 Å². The van der Waals surface area contributed by atoms with E-state index in [0.29, 0.717) is 26.9 Å². The average Bonchev–Trinajstić information content (AvgIpc) is 3.03. The van der Waals surface area contributed by atoms with Gasteiger partial charge in [-0.05, 0) is 36.1 Å². The van der Waals surface area contributed by atoms with E-state index in [2.05, 4.69) is 10.2 Å². The van der Waals surface area contributed by atoms with E-state index in [1.807, 2.05) is 42.7 Å². The lowest BCUT2D eigenvalue weighted by molar-refractivity contribution is 0.465. The molecule has 0 fully saturated rings. The van der Waals surface area contributed by atoms with Crippen LogP contribution in [-0.4, -0.2) is 16.5 Å². The molecule has 0 spiro atoms. The van der Waals surface area contributed by atoms with Gasteiger partial charge in [-0.3, -0.25) is 0 Å². The van der Waals surface area contributed by atoms with Gasteiger partial charge < -0.3 is 4.42 Å². The Labute approximate surface area is 152 Å². The van der Waals surface area contributed by atoms with Crippen LogP contribution in [0.3, 0.4) is 0 Å².